The summed E-state index contributed by atoms with van der Waals surface area (Å²) in [4.78, 5) is 34.5. The van der Waals surface area contributed by atoms with E-state index in [4.69, 9.17) is 22.3 Å². The molecule has 0 radical (unpaired) electrons. The second-order valence-corrected chi connectivity index (χ2v) is 10.5. The third-order valence-corrected chi connectivity index (χ3v) is 8.11. The van der Waals surface area contributed by atoms with Gasteiger partial charge in [0.2, 0.25) is 5.91 Å². The van der Waals surface area contributed by atoms with Crippen molar-refractivity contribution in [3.63, 3.8) is 0 Å². The van der Waals surface area contributed by atoms with Crippen LogP contribution in [0.25, 0.3) is 5.00 Å². The minimum atomic E-state index is -0.511. The Morgan fingerprint density at radius 3 is 2.37 bits per heavy atom. The van der Waals surface area contributed by atoms with Gasteiger partial charge in [-0.1, -0.05) is 23.7 Å². The molecule has 35 heavy (non-hydrogen) atoms. The molecule has 5 rings (SSSR count). The minimum Gasteiger partial charge on any atom is -0.351 e. The molecule has 2 N–H and O–H groups in total. The first-order valence-electron chi connectivity index (χ1n) is 11.4. The number of fused-ring (bicyclic) bond motifs is 3. The Morgan fingerprint density at radius 1 is 1.06 bits per heavy atom. The number of aromatic nitrogens is 3. The fourth-order valence-electron chi connectivity index (χ4n) is 4.60. The number of rotatable bonds is 3. The lowest BCUT2D eigenvalue weighted by Gasteiger charge is -2.34. The number of aliphatic imine (C=N–C) groups is 1. The van der Waals surface area contributed by atoms with Gasteiger partial charge in [0.05, 0.1) is 12.1 Å². The van der Waals surface area contributed by atoms with E-state index < -0.39 is 12.1 Å². The molecule has 0 bridgehead atoms. The van der Waals surface area contributed by atoms with Crippen molar-refractivity contribution in [3.05, 3.63) is 62.5 Å². The Bertz CT molecular complexity index is 1340. The van der Waals surface area contributed by atoms with Crippen LogP contribution < -0.4 is 5.73 Å². The Morgan fingerprint density at radius 2 is 1.71 bits per heavy atom. The van der Waals surface area contributed by atoms with Crippen molar-refractivity contribution < 1.29 is 9.59 Å². The number of thiophene rings is 1. The standard InChI is InChI=1S/C24H26ClN7O2S/c1-13-14(2)35-23-20(13)21(16-4-6-17(25)7-5-16)27-18(22-29-28-15(3)32(22)23)12-19(33)30-8-10-31(11-9-30)24(26)34/h4-7,18H,8-12H2,1-3H3,(H2,26,34). The molecule has 4 heterocycles. The van der Waals surface area contributed by atoms with E-state index in [0.717, 1.165) is 33.2 Å². The van der Waals surface area contributed by atoms with E-state index in [0.29, 0.717) is 37.0 Å². The number of nitrogens with zero attached hydrogens (tertiary/aromatic N) is 6. The molecular weight excluding hydrogens is 486 g/mol. The van der Waals surface area contributed by atoms with Crippen molar-refractivity contribution in [2.45, 2.75) is 33.2 Å². The maximum atomic E-state index is 13.3. The molecule has 0 aliphatic carbocycles. The van der Waals surface area contributed by atoms with Gasteiger partial charge in [-0.25, -0.2) is 4.79 Å². The van der Waals surface area contributed by atoms with E-state index in [2.05, 4.69) is 24.0 Å². The maximum Gasteiger partial charge on any atom is 0.314 e. The van der Waals surface area contributed by atoms with E-state index in [1.807, 2.05) is 35.8 Å². The summed E-state index contributed by atoms with van der Waals surface area (Å²) in [6, 6.07) is 6.64. The quantitative estimate of drug-likeness (QED) is 0.581. The number of halogens is 1. The van der Waals surface area contributed by atoms with Gasteiger partial charge in [0, 0.05) is 47.2 Å². The van der Waals surface area contributed by atoms with E-state index in [1.165, 1.54) is 4.88 Å². The van der Waals surface area contributed by atoms with E-state index in [9.17, 15) is 9.59 Å². The van der Waals surface area contributed by atoms with Crippen LogP contribution in [0.15, 0.2) is 29.3 Å². The predicted molar refractivity (Wildman–Crippen MR) is 136 cm³/mol. The van der Waals surface area contributed by atoms with Crippen LogP contribution in [0.3, 0.4) is 0 Å². The van der Waals surface area contributed by atoms with Crippen molar-refractivity contribution in [1.29, 1.82) is 0 Å². The molecule has 1 fully saturated rings. The monoisotopic (exact) mass is 511 g/mol. The summed E-state index contributed by atoms with van der Waals surface area (Å²) in [5.74, 6) is 1.37. The number of piperazine rings is 1. The van der Waals surface area contributed by atoms with Crippen LogP contribution in [0.5, 0.6) is 0 Å². The highest BCUT2D eigenvalue weighted by molar-refractivity contribution is 7.15. The Balaban J connectivity index is 1.56. The minimum absolute atomic E-state index is 0.0383. The van der Waals surface area contributed by atoms with E-state index in [-0.39, 0.29) is 12.3 Å². The highest BCUT2D eigenvalue weighted by Crippen LogP contribution is 2.39. The van der Waals surface area contributed by atoms with Gasteiger partial charge in [0.1, 0.15) is 16.9 Å². The van der Waals surface area contributed by atoms with Gasteiger partial charge in [-0.2, -0.15) is 0 Å². The smallest absolute Gasteiger partial charge is 0.314 e. The highest BCUT2D eigenvalue weighted by Gasteiger charge is 2.34. The highest BCUT2D eigenvalue weighted by atomic mass is 35.5. The number of nitrogens with two attached hydrogens (primary N) is 1. The van der Waals surface area contributed by atoms with Crippen molar-refractivity contribution in [1.82, 2.24) is 24.6 Å². The van der Waals surface area contributed by atoms with Crippen LogP contribution in [0.1, 0.15) is 45.7 Å². The normalized spacial score (nSPS) is 17.5. The Kier molecular flexibility index (Phi) is 6.10. The second kappa shape index (κ2) is 9.09. The maximum absolute atomic E-state index is 13.3. The Labute approximate surface area is 212 Å². The number of carbonyl (C=O) groups is 2. The number of aryl methyl sites for hydroxylation is 2. The van der Waals surface area contributed by atoms with Crippen LogP contribution >= 0.6 is 22.9 Å². The van der Waals surface area contributed by atoms with Crippen LogP contribution in [0.4, 0.5) is 4.79 Å². The van der Waals surface area contributed by atoms with E-state index in [1.54, 1.807) is 21.1 Å². The summed E-state index contributed by atoms with van der Waals surface area (Å²) in [7, 11) is 0. The van der Waals surface area contributed by atoms with Gasteiger partial charge >= 0.3 is 6.03 Å². The number of primary amides is 1. The number of carbonyl (C=O) groups excluding carboxylic acids is 2. The zero-order chi connectivity index (χ0) is 24.9. The lowest BCUT2D eigenvalue weighted by molar-refractivity contribution is -0.133. The summed E-state index contributed by atoms with van der Waals surface area (Å²) < 4.78 is 2.04. The second-order valence-electron chi connectivity index (χ2n) is 8.81. The van der Waals surface area contributed by atoms with Gasteiger partial charge in [-0.05, 0) is 38.5 Å². The molecular formula is C24H26ClN7O2S. The average Bonchev–Trinajstić information content (AvgIpc) is 3.31. The van der Waals surface area contributed by atoms with Gasteiger partial charge in [-0.15, -0.1) is 21.5 Å². The molecule has 1 aromatic carbocycles. The fraction of sp³-hybridized carbons (Fsp3) is 0.375. The molecule has 1 unspecified atom stereocenters. The summed E-state index contributed by atoms with van der Waals surface area (Å²) in [6.07, 6.45) is 0.152. The van der Waals surface area contributed by atoms with Crippen molar-refractivity contribution in [3.8, 4) is 5.00 Å². The van der Waals surface area contributed by atoms with Gasteiger partial charge in [0.25, 0.3) is 0 Å². The third kappa shape index (κ3) is 4.21. The van der Waals surface area contributed by atoms with Gasteiger partial charge in [0.15, 0.2) is 5.82 Å². The molecule has 2 aliphatic heterocycles. The lowest BCUT2D eigenvalue weighted by Crippen LogP contribution is -2.52. The molecule has 3 amide bonds. The SMILES string of the molecule is Cc1sc2c(c1C)C(c1ccc(Cl)cc1)=NC(CC(=O)N1CCN(C(N)=O)CC1)c1nnc(C)n1-2. The van der Waals surface area contributed by atoms with Gasteiger partial charge < -0.3 is 15.5 Å². The van der Waals surface area contributed by atoms with Crippen LogP contribution in [0, 0.1) is 20.8 Å². The topological polar surface area (TPSA) is 110 Å². The predicted octanol–water partition coefficient (Wildman–Crippen LogP) is 3.41. The summed E-state index contributed by atoms with van der Waals surface area (Å²) in [5.41, 5.74) is 9.31. The average molecular weight is 512 g/mol. The molecule has 1 saturated heterocycles. The molecule has 0 saturated carbocycles. The zero-order valence-electron chi connectivity index (χ0n) is 19.8. The molecule has 2 aromatic heterocycles. The lowest BCUT2D eigenvalue weighted by atomic mass is 9.99. The molecule has 0 spiro atoms. The summed E-state index contributed by atoms with van der Waals surface area (Å²) in [5, 5.41) is 10.5. The third-order valence-electron chi connectivity index (χ3n) is 6.67. The summed E-state index contributed by atoms with van der Waals surface area (Å²) in [6.45, 7) is 7.85. The molecule has 1 atom stereocenters. The van der Waals surface area contributed by atoms with Crippen LogP contribution in [-0.4, -0.2) is 68.4 Å². The summed E-state index contributed by atoms with van der Waals surface area (Å²) >= 11 is 7.84. The first kappa shape index (κ1) is 23.5. The van der Waals surface area contributed by atoms with Crippen molar-refractivity contribution in [2.24, 2.45) is 10.7 Å². The zero-order valence-corrected chi connectivity index (χ0v) is 21.4. The number of hydrogen-bond donors (Lipinski definition) is 1. The Hall–Kier alpha value is -3.24. The van der Waals surface area contributed by atoms with Crippen LogP contribution in [-0.2, 0) is 4.79 Å². The van der Waals surface area contributed by atoms with Crippen molar-refractivity contribution >= 4 is 40.6 Å². The molecule has 3 aromatic rings. The number of urea groups is 1. The molecule has 9 nitrogen and oxygen atoms in total. The first-order chi connectivity index (χ1) is 16.7. The number of hydrogen-bond acceptors (Lipinski definition) is 6. The van der Waals surface area contributed by atoms with Crippen molar-refractivity contribution in [2.75, 3.05) is 26.2 Å². The molecule has 182 valence electrons. The number of amides is 3. The number of benzene rings is 1. The van der Waals surface area contributed by atoms with Gasteiger partial charge in [-0.3, -0.25) is 14.4 Å². The largest absolute Gasteiger partial charge is 0.351 e. The molecule has 2 aliphatic rings. The van der Waals surface area contributed by atoms with Crippen LogP contribution in [0.2, 0.25) is 5.02 Å². The fourth-order valence-corrected chi connectivity index (χ4v) is 5.94. The van der Waals surface area contributed by atoms with E-state index >= 15 is 0 Å². The first-order valence-corrected chi connectivity index (χ1v) is 12.6. The molecule has 11 heteroatoms.